The number of piperidine rings is 1. The second-order valence-electron chi connectivity index (χ2n) is 11.6. The van der Waals surface area contributed by atoms with Gasteiger partial charge in [0, 0.05) is 46.2 Å². The van der Waals surface area contributed by atoms with Crippen molar-refractivity contribution in [1.29, 1.82) is 0 Å². The van der Waals surface area contributed by atoms with Gasteiger partial charge in [-0.3, -0.25) is 19.4 Å². The normalized spacial score (nSPS) is 26.3. The van der Waals surface area contributed by atoms with Crippen molar-refractivity contribution in [2.24, 2.45) is 11.8 Å². The monoisotopic (exact) mass is 509 g/mol. The van der Waals surface area contributed by atoms with E-state index in [1.165, 1.54) is 0 Å². The van der Waals surface area contributed by atoms with Crippen LogP contribution < -0.4 is 0 Å². The molecule has 206 valence electrons. The molecule has 3 fully saturated rings. The largest absolute Gasteiger partial charge is 0.466 e. The van der Waals surface area contributed by atoms with Gasteiger partial charge in [-0.15, -0.1) is 0 Å². The highest BCUT2D eigenvalue weighted by Crippen LogP contribution is 2.38. The third kappa shape index (κ3) is 6.78. The quantitative estimate of drug-likeness (QED) is 0.462. The first kappa shape index (κ1) is 28.9. The summed E-state index contributed by atoms with van der Waals surface area (Å²) in [4.78, 5) is 44.8. The molecule has 3 rings (SSSR count). The number of amides is 1. The highest BCUT2D eigenvalue weighted by atomic mass is 16.6. The van der Waals surface area contributed by atoms with Gasteiger partial charge in [0.15, 0.2) is 0 Å². The Morgan fingerprint density at radius 2 is 1.39 bits per heavy atom. The van der Waals surface area contributed by atoms with Crippen LogP contribution in [0, 0.1) is 11.8 Å². The second-order valence-corrected chi connectivity index (χ2v) is 11.6. The molecule has 1 saturated carbocycles. The first-order chi connectivity index (χ1) is 17.0. The van der Waals surface area contributed by atoms with Crippen LogP contribution in [0.1, 0.15) is 79.1 Å². The molecule has 0 N–H and O–H groups in total. The lowest BCUT2D eigenvalue weighted by Gasteiger charge is -2.51. The van der Waals surface area contributed by atoms with Crippen molar-refractivity contribution in [3.05, 3.63) is 0 Å². The molecule has 0 bridgehead atoms. The van der Waals surface area contributed by atoms with E-state index in [0.29, 0.717) is 58.2 Å². The molecule has 9 heteroatoms. The summed E-state index contributed by atoms with van der Waals surface area (Å²) >= 11 is 0. The van der Waals surface area contributed by atoms with E-state index >= 15 is 0 Å². The van der Waals surface area contributed by atoms with E-state index < -0.39 is 11.4 Å². The minimum atomic E-state index is -1.32. The maximum Gasteiger partial charge on any atom is 0.371 e. The van der Waals surface area contributed by atoms with Crippen molar-refractivity contribution in [3.63, 3.8) is 0 Å². The first-order valence-electron chi connectivity index (χ1n) is 13.8. The molecule has 3 aliphatic rings. The van der Waals surface area contributed by atoms with Crippen molar-refractivity contribution < 1.29 is 28.6 Å². The molecule has 1 atom stereocenters. The smallest absolute Gasteiger partial charge is 0.371 e. The molecule has 2 heterocycles. The lowest BCUT2D eigenvalue weighted by molar-refractivity contribution is -0.280. The van der Waals surface area contributed by atoms with Gasteiger partial charge >= 0.3 is 11.9 Å². The molecule has 36 heavy (non-hydrogen) atoms. The van der Waals surface area contributed by atoms with Gasteiger partial charge in [0.2, 0.25) is 5.91 Å². The lowest BCUT2D eigenvalue weighted by Crippen LogP contribution is -2.70. The van der Waals surface area contributed by atoms with Crippen molar-refractivity contribution in [2.75, 3.05) is 46.9 Å². The van der Waals surface area contributed by atoms with Crippen LogP contribution >= 0.6 is 0 Å². The summed E-state index contributed by atoms with van der Waals surface area (Å²) in [6, 6.07) is 0. The number of rotatable bonds is 8. The van der Waals surface area contributed by atoms with Crippen LogP contribution in [-0.2, 0) is 28.6 Å². The first-order valence-corrected chi connectivity index (χ1v) is 13.8. The maximum absolute atomic E-state index is 14.0. The number of carbonyl (C=O) groups is 3. The van der Waals surface area contributed by atoms with Gasteiger partial charge in [-0.25, -0.2) is 4.79 Å². The average molecular weight is 510 g/mol. The van der Waals surface area contributed by atoms with Crippen molar-refractivity contribution >= 4 is 17.8 Å². The molecular formula is C27H47N3O6. The van der Waals surface area contributed by atoms with E-state index in [4.69, 9.17) is 14.2 Å². The summed E-state index contributed by atoms with van der Waals surface area (Å²) in [7, 11) is 3.58. The third-order valence-electron chi connectivity index (χ3n) is 7.54. The Kier molecular flexibility index (Phi) is 9.80. The molecule has 1 aliphatic carbocycles. The predicted octanol–water partition coefficient (Wildman–Crippen LogP) is 3.02. The molecule has 1 unspecified atom stereocenters. The molecular weight excluding hydrogens is 462 g/mol. The molecule has 0 spiro atoms. The fourth-order valence-electron chi connectivity index (χ4n) is 5.72. The zero-order chi connectivity index (χ0) is 26.5. The Morgan fingerprint density at radius 3 is 1.89 bits per heavy atom. The molecule has 0 radical (unpaired) electrons. The second kappa shape index (κ2) is 12.2. The van der Waals surface area contributed by atoms with Gasteiger partial charge < -0.3 is 19.1 Å². The number of hydrogen-bond acceptors (Lipinski definition) is 8. The van der Waals surface area contributed by atoms with Gasteiger partial charge in [0.05, 0.1) is 18.6 Å². The fourth-order valence-corrected chi connectivity index (χ4v) is 5.72. The van der Waals surface area contributed by atoms with E-state index in [1.54, 1.807) is 19.0 Å². The minimum Gasteiger partial charge on any atom is -0.466 e. The molecule has 2 aliphatic heterocycles. The molecule has 0 aromatic carbocycles. The van der Waals surface area contributed by atoms with E-state index in [9.17, 15) is 14.4 Å². The van der Waals surface area contributed by atoms with Gasteiger partial charge in [0.1, 0.15) is 5.60 Å². The van der Waals surface area contributed by atoms with Crippen LogP contribution in [0.2, 0.25) is 0 Å². The molecule has 2 saturated heterocycles. The summed E-state index contributed by atoms with van der Waals surface area (Å²) in [5.41, 5.74) is -0.661. The highest BCUT2D eigenvalue weighted by Gasteiger charge is 2.56. The van der Waals surface area contributed by atoms with Crippen molar-refractivity contribution in [3.8, 4) is 0 Å². The summed E-state index contributed by atoms with van der Waals surface area (Å²) in [5, 5.41) is 0. The zero-order valence-corrected chi connectivity index (χ0v) is 23.2. The van der Waals surface area contributed by atoms with Crippen LogP contribution in [0.25, 0.3) is 0 Å². The number of ether oxygens (including phenoxy) is 3. The molecule has 0 aromatic rings. The Bertz CT molecular complexity index is 760. The Labute approximate surface area is 216 Å². The Hall–Kier alpha value is -1.71. The predicted molar refractivity (Wildman–Crippen MR) is 136 cm³/mol. The topological polar surface area (TPSA) is 88.6 Å². The standard InChI is InChI=1S/C27H47N3O6/c1-7-34-24(32)21-10-12-22(13-11-21)35-27(29-16-8-9-17-29,25(33)36-26(2,3)4)30-18-14-20(15-19-30)23(31)28(5)6/h20-22H,7-19H2,1-6H3. The number of nitrogens with zero attached hydrogens (tertiary/aromatic N) is 3. The number of esters is 2. The Balaban J connectivity index is 1.85. The van der Waals surface area contributed by atoms with Gasteiger partial charge in [-0.1, -0.05) is 0 Å². The molecule has 9 nitrogen and oxygen atoms in total. The van der Waals surface area contributed by atoms with E-state index in [0.717, 1.165) is 25.9 Å². The summed E-state index contributed by atoms with van der Waals surface area (Å²) in [5.74, 6) is -1.86. The zero-order valence-electron chi connectivity index (χ0n) is 23.2. The van der Waals surface area contributed by atoms with Crippen LogP contribution in [0.15, 0.2) is 0 Å². The minimum absolute atomic E-state index is 0.0498. The van der Waals surface area contributed by atoms with E-state index in [1.807, 2.05) is 27.7 Å². The van der Waals surface area contributed by atoms with Gasteiger partial charge in [-0.05, 0) is 79.1 Å². The van der Waals surface area contributed by atoms with E-state index in [-0.39, 0.29) is 35.8 Å². The van der Waals surface area contributed by atoms with Crippen molar-refractivity contribution in [1.82, 2.24) is 14.7 Å². The lowest BCUT2D eigenvalue weighted by atomic mass is 9.87. The summed E-state index contributed by atoms with van der Waals surface area (Å²) in [6.07, 6.45) is 5.95. The number of hydrogen-bond donors (Lipinski definition) is 0. The highest BCUT2D eigenvalue weighted by molar-refractivity contribution is 5.80. The van der Waals surface area contributed by atoms with Gasteiger partial charge in [-0.2, -0.15) is 0 Å². The summed E-state index contributed by atoms with van der Waals surface area (Å²) < 4.78 is 18.1. The third-order valence-corrected chi connectivity index (χ3v) is 7.54. The average Bonchev–Trinajstić information content (AvgIpc) is 3.37. The van der Waals surface area contributed by atoms with Crippen LogP contribution in [0.5, 0.6) is 0 Å². The van der Waals surface area contributed by atoms with Crippen LogP contribution in [-0.4, -0.2) is 97.0 Å². The summed E-state index contributed by atoms with van der Waals surface area (Å²) in [6.45, 7) is 10.5. The maximum atomic E-state index is 14.0. The van der Waals surface area contributed by atoms with Crippen LogP contribution in [0.3, 0.4) is 0 Å². The van der Waals surface area contributed by atoms with Crippen LogP contribution in [0.4, 0.5) is 0 Å². The SMILES string of the molecule is CCOC(=O)C1CCC(OC(C(=O)OC(C)(C)C)(N2CCCC2)N2CCC(C(=O)N(C)C)CC2)CC1. The van der Waals surface area contributed by atoms with E-state index in [2.05, 4.69) is 9.80 Å². The fraction of sp³-hybridized carbons (Fsp3) is 0.889. The number of likely N-dealkylation sites (tertiary alicyclic amines) is 2. The van der Waals surface area contributed by atoms with Crippen molar-refractivity contribution in [2.45, 2.75) is 96.6 Å². The molecule has 1 amide bonds. The van der Waals surface area contributed by atoms with Gasteiger partial charge in [0.25, 0.3) is 5.85 Å². The molecule has 0 aromatic heterocycles. The Morgan fingerprint density at radius 1 is 0.833 bits per heavy atom. The number of carbonyl (C=O) groups excluding carboxylic acids is 3.